The minimum atomic E-state index is -1.57. The van der Waals surface area contributed by atoms with Crippen molar-refractivity contribution in [2.45, 2.75) is 110 Å². The van der Waals surface area contributed by atoms with Crippen LogP contribution in [-0.4, -0.2) is 103 Å². The number of carbonyl (C=O) groups excluding carboxylic acids is 3. The summed E-state index contributed by atoms with van der Waals surface area (Å²) in [5, 5.41) is 17.9. The number of fused-ring (bicyclic) bond motifs is 5. The SMILES string of the molecule is COC(=O)CCC1C2CCC3C4CCC[C@@]4(C)CCC3[C@@]2(C)C(N2CCNCC2)(N2CCN[C@@H](O)C2)CC1(OC(C)=O)OC(C)=O. The third-order valence-electron chi connectivity index (χ3n) is 13.8. The van der Waals surface area contributed by atoms with E-state index in [1.165, 1.54) is 46.6 Å². The molecule has 9 atom stereocenters. The molecule has 11 nitrogen and oxygen atoms in total. The number of hydrogen-bond donors (Lipinski definition) is 3. The molecule has 2 aliphatic heterocycles. The molecule has 260 valence electrons. The van der Waals surface area contributed by atoms with Crippen LogP contribution in [0.5, 0.6) is 0 Å². The molecule has 6 unspecified atom stereocenters. The summed E-state index contributed by atoms with van der Waals surface area (Å²) in [5.41, 5.74) is -0.602. The van der Waals surface area contributed by atoms with Gasteiger partial charge >= 0.3 is 17.9 Å². The smallest absolute Gasteiger partial charge is 0.305 e. The molecular weight excluding hydrogens is 588 g/mol. The van der Waals surface area contributed by atoms with Crippen molar-refractivity contribution in [3.8, 4) is 0 Å². The predicted molar refractivity (Wildman–Crippen MR) is 171 cm³/mol. The Hall–Kier alpha value is -1.79. The van der Waals surface area contributed by atoms with E-state index in [1.54, 1.807) is 0 Å². The summed E-state index contributed by atoms with van der Waals surface area (Å²) in [7, 11) is 1.40. The molecule has 0 bridgehead atoms. The van der Waals surface area contributed by atoms with Crippen molar-refractivity contribution in [2.75, 3.05) is 52.9 Å². The third-order valence-corrected chi connectivity index (χ3v) is 13.8. The highest BCUT2D eigenvalue weighted by molar-refractivity contribution is 5.70. The predicted octanol–water partition coefficient (Wildman–Crippen LogP) is 2.86. The van der Waals surface area contributed by atoms with Gasteiger partial charge in [0.15, 0.2) is 0 Å². The second-order valence-corrected chi connectivity index (χ2v) is 15.8. The van der Waals surface area contributed by atoms with E-state index in [2.05, 4.69) is 34.3 Å². The van der Waals surface area contributed by atoms with Crippen molar-refractivity contribution >= 4 is 17.9 Å². The fourth-order valence-electron chi connectivity index (χ4n) is 12.3. The number of β-amino-alcohol motifs (C(OH)–C–C–N with tert-alkyl or cyclic N) is 1. The molecule has 0 spiro atoms. The molecule has 46 heavy (non-hydrogen) atoms. The number of hydrogen-bond acceptors (Lipinski definition) is 11. The lowest BCUT2D eigenvalue weighted by Crippen LogP contribution is -2.83. The van der Waals surface area contributed by atoms with Gasteiger partial charge in [-0.2, -0.15) is 0 Å². The van der Waals surface area contributed by atoms with Crippen LogP contribution in [-0.2, 0) is 28.6 Å². The number of esters is 3. The fourth-order valence-corrected chi connectivity index (χ4v) is 12.3. The van der Waals surface area contributed by atoms with Crippen LogP contribution >= 0.6 is 0 Å². The number of piperazine rings is 2. The summed E-state index contributed by atoms with van der Waals surface area (Å²) in [6.07, 6.45) is 8.32. The van der Waals surface area contributed by atoms with Gasteiger partial charge in [-0.1, -0.05) is 20.3 Å². The molecule has 0 radical (unpaired) electrons. The Labute approximate surface area is 274 Å². The number of ether oxygens (including phenoxy) is 3. The Morgan fingerprint density at radius 2 is 1.57 bits per heavy atom. The number of nitrogens with zero attached hydrogens (tertiary/aromatic N) is 2. The minimum Gasteiger partial charge on any atom is -0.469 e. The topological polar surface area (TPSA) is 130 Å². The molecule has 2 heterocycles. The average molecular weight is 647 g/mol. The summed E-state index contributed by atoms with van der Waals surface area (Å²) in [6, 6.07) is 0. The van der Waals surface area contributed by atoms with Crippen LogP contribution < -0.4 is 10.6 Å². The number of aliphatic hydroxyl groups excluding tert-OH is 1. The van der Waals surface area contributed by atoms with Crippen LogP contribution in [0.1, 0.15) is 91.9 Å². The molecule has 3 N–H and O–H groups in total. The van der Waals surface area contributed by atoms with Crippen molar-refractivity contribution in [3.05, 3.63) is 0 Å². The van der Waals surface area contributed by atoms with Crippen LogP contribution in [0.25, 0.3) is 0 Å². The molecule has 6 rings (SSSR count). The highest BCUT2D eigenvalue weighted by Crippen LogP contribution is 2.72. The maximum atomic E-state index is 13.1. The lowest BCUT2D eigenvalue weighted by Gasteiger charge is -2.74. The van der Waals surface area contributed by atoms with Crippen molar-refractivity contribution < 1.29 is 33.7 Å². The van der Waals surface area contributed by atoms with Gasteiger partial charge < -0.3 is 24.6 Å². The van der Waals surface area contributed by atoms with E-state index in [9.17, 15) is 19.5 Å². The monoisotopic (exact) mass is 646 g/mol. The van der Waals surface area contributed by atoms with Crippen LogP contribution in [0.15, 0.2) is 0 Å². The summed E-state index contributed by atoms with van der Waals surface area (Å²) < 4.78 is 17.8. The van der Waals surface area contributed by atoms with Gasteiger partial charge in [0.05, 0.1) is 19.2 Å². The molecule has 2 saturated heterocycles. The minimum absolute atomic E-state index is 0.00136. The van der Waals surface area contributed by atoms with E-state index in [-0.39, 0.29) is 36.1 Å². The first kappa shape index (κ1) is 34.1. The zero-order chi connectivity index (χ0) is 32.9. The Kier molecular flexibility index (Phi) is 9.57. The highest BCUT2D eigenvalue weighted by Gasteiger charge is 2.75. The van der Waals surface area contributed by atoms with Gasteiger partial charge in [-0.15, -0.1) is 0 Å². The second kappa shape index (κ2) is 12.9. The maximum absolute atomic E-state index is 13.1. The molecule has 0 aromatic carbocycles. The zero-order valence-corrected chi connectivity index (χ0v) is 28.8. The molecule has 0 amide bonds. The molecule has 6 fully saturated rings. The molecule has 0 aromatic heterocycles. The standard InChI is InChI=1S/C35H58N4O7/c1-23(40)45-34(46-24(2)41)22-35(38-18-15-36-16-19-38,39-20-17-37-30(42)21-39)33(4)27-12-14-32(3)13-6-7-26(32)25(27)8-9-28(33)29(34)10-11-31(43)44-5/h25-30,36-37,42H,6-22H2,1-5H3/t25?,26?,27?,28?,29?,30-,32-,33+,35?/m0/s1. The van der Waals surface area contributed by atoms with E-state index < -0.39 is 29.6 Å². The number of nitrogens with one attached hydrogen (secondary N) is 2. The van der Waals surface area contributed by atoms with E-state index in [4.69, 9.17) is 14.2 Å². The lowest BCUT2D eigenvalue weighted by molar-refractivity contribution is -0.353. The Bertz CT molecular complexity index is 1150. The van der Waals surface area contributed by atoms with E-state index >= 15 is 0 Å². The first-order valence-electron chi connectivity index (χ1n) is 18.0. The molecule has 6 aliphatic rings. The van der Waals surface area contributed by atoms with Gasteiger partial charge in [0, 0.05) is 77.4 Å². The van der Waals surface area contributed by atoms with E-state index in [0.29, 0.717) is 49.2 Å². The quantitative estimate of drug-likeness (QED) is 0.279. The van der Waals surface area contributed by atoms with Gasteiger partial charge in [-0.25, -0.2) is 0 Å². The zero-order valence-electron chi connectivity index (χ0n) is 28.8. The Morgan fingerprint density at radius 3 is 2.22 bits per heavy atom. The van der Waals surface area contributed by atoms with Crippen molar-refractivity contribution in [2.24, 2.45) is 40.4 Å². The summed E-state index contributed by atoms with van der Waals surface area (Å²) >= 11 is 0. The largest absolute Gasteiger partial charge is 0.469 e. The number of aliphatic hydroxyl groups is 1. The normalized spacial score (nSPS) is 42.7. The summed E-state index contributed by atoms with van der Waals surface area (Å²) in [5.74, 6) is -1.62. The lowest BCUT2D eigenvalue weighted by atomic mass is 9.39. The summed E-state index contributed by atoms with van der Waals surface area (Å²) in [6.45, 7) is 12.8. The maximum Gasteiger partial charge on any atom is 0.305 e. The average Bonchev–Trinajstić information content (AvgIpc) is 3.42. The second-order valence-electron chi connectivity index (χ2n) is 15.8. The molecule has 11 heteroatoms. The van der Waals surface area contributed by atoms with Crippen molar-refractivity contribution in [3.63, 3.8) is 0 Å². The van der Waals surface area contributed by atoms with Crippen molar-refractivity contribution in [1.29, 1.82) is 0 Å². The Morgan fingerprint density at radius 1 is 0.870 bits per heavy atom. The summed E-state index contributed by atoms with van der Waals surface area (Å²) in [4.78, 5) is 43.9. The van der Waals surface area contributed by atoms with E-state index in [0.717, 1.165) is 45.4 Å². The number of methoxy groups -OCH3 is 1. The van der Waals surface area contributed by atoms with Gasteiger partial charge in [0.1, 0.15) is 6.23 Å². The van der Waals surface area contributed by atoms with Crippen LogP contribution in [0.4, 0.5) is 0 Å². The number of carbonyl (C=O) groups is 3. The third kappa shape index (κ3) is 5.50. The van der Waals surface area contributed by atoms with Crippen LogP contribution in [0.3, 0.4) is 0 Å². The van der Waals surface area contributed by atoms with Gasteiger partial charge in [0.25, 0.3) is 5.79 Å². The fraction of sp³-hybridized carbons (Fsp3) is 0.914. The molecule has 0 aromatic rings. The van der Waals surface area contributed by atoms with Gasteiger partial charge in [0.2, 0.25) is 0 Å². The van der Waals surface area contributed by atoms with Crippen molar-refractivity contribution in [1.82, 2.24) is 20.4 Å². The van der Waals surface area contributed by atoms with Gasteiger partial charge in [-0.3, -0.25) is 29.5 Å². The highest BCUT2D eigenvalue weighted by atomic mass is 16.7. The van der Waals surface area contributed by atoms with Crippen LogP contribution in [0, 0.1) is 40.4 Å². The van der Waals surface area contributed by atoms with E-state index in [1.807, 2.05) is 0 Å². The molecule has 4 saturated carbocycles. The first-order valence-corrected chi connectivity index (χ1v) is 18.0. The first-order chi connectivity index (χ1) is 21.9. The number of rotatable bonds is 7. The molecular formula is C35H58N4O7. The molecule has 4 aliphatic carbocycles. The Balaban J connectivity index is 1.58. The van der Waals surface area contributed by atoms with Gasteiger partial charge in [-0.05, 0) is 74.0 Å². The van der Waals surface area contributed by atoms with Crippen LogP contribution in [0.2, 0.25) is 0 Å².